The van der Waals surface area contributed by atoms with Crippen LogP contribution in [0.25, 0.3) is 0 Å². The summed E-state index contributed by atoms with van der Waals surface area (Å²) in [5, 5.41) is 15.4. The van der Waals surface area contributed by atoms with Gasteiger partial charge in [-0.1, -0.05) is 34.8 Å². The first kappa shape index (κ1) is 53.2. The third kappa shape index (κ3) is 14.8. The summed E-state index contributed by atoms with van der Waals surface area (Å²) in [6, 6.07) is 1.62. The summed E-state index contributed by atoms with van der Waals surface area (Å²) in [6.07, 6.45) is -8.64. The van der Waals surface area contributed by atoms with Crippen LogP contribution < -0.4 is 21.7 Å². The summed E-state index contributed by atoms with van der Waals surface area (Å²) >= 11 is 19.2. The van der Waals surface area contributed by atoms with Crippen molar-refractivity contribution < 1.29 is 63.8 Å². The molecule has 6 heterocycles. The van der Waals surface area contributed by atoms with E-state index in [1.807, 2.05) is 0 Å². The minimum Gasteiger partial charge on any atom is -0.386 e. The Morgan fingerprint density at radius 3 is 1.15 bits per heavy atom. The molecule has 0 aromatic carbocycles. The van der Waals surface area contributed by atoms with Crippen LogP contribution >= 0.6 is 68.8 Å². The molecule has 352 valence electrons. The van der Waals surface area contributed by atoms with Gasteiger partial charge >= 0.3 is 18.5 Å². The van der Waals surface area contributed by atoms with Crippen LogP contribution in [0.5, 0.6) is 0 Å². The van der Waals surface area contributed by atoms with Crippen molar-refractivity contribution in [1.29, 1.82) is 0 Å². The molecule has 1 unspecified atom stereocenters. The summed E-state index contributed by atoms with van der Waals surface area (Å²) in [5.41, 5.74) is 2.37. The number of aliphatic hydroxyl groups excluding tert-OH is 1. The number of carbonyl (C=O) groups excluding carboxylic acids is 4. The molecule has 0 aliphatic rings. The van der Waals surface area contributed by atoms with Gasteiger partial charge in [-0.15, -0.1) is 34.0 Å². The molecule has 0 saturated heterocycles. The number of halogens is 12. The molecular weight excluding hydrogens is 1030 g/mol. The Bertz CT molecular complexity index is 2610. The number of rotatable bonds is 9. The predicted octanol–water partition coefficient (Wildman–Crippen LogP) is 10.7. The molecule has 15 nitrogen and oxygen atoms in total. The van der Waals surface area contributed by atoms with E-state index in [9.17, 15) is 63.8 Å². The molecule has 2 atom stereocenters. The zero-order chi connectivity index (χ0) is 49.5. The highest BCUT2D eigenvalue weighted by atomic mass is 35.5. The highest BCUT2D eigenvalue weighted by molar-refractivity contribution is 7.15. The first-order chi connectivity index (χ1) is 30.5. The third-order valence-electron chi connectivity index (χ3n) is 7.48. The number of carbonyl (C=O) groups is 4. The molecule has 0 saturated carbocycles. The molecule has 0 bridgehead atoms. The monoisotopic (exact) mass is 1050 g/mol. The molecule has 0 fully saturated rings. The Labute approximate surface area is 391 Å². The highest BCUT2D eigenvalue weighted by Gasteiger charge is 2.36. The first-order valence-electron chi connectivity index (χ1n) is 17.5. The van der Waals surface area contributed by atoms with Crippen molar-refractivity contribution >= 4 is 110 Å². The van der Waals surface area contributed by atoms with Crippen LogP contribution in [0.4, 0.5) is 57.0 Å². The average molecular weight is 1050 g/mol. The van der Waals surface area contributed by atoms with Gasteiger partial charge in [0, 0.05) is 25.5 Å². The van der Waals surface area contributed by atoms with E-state index in [4.69, 9.17) is 40.5 Å². The number of pyridine rings is 3. The van der Waals surface area contributed by atoms with Crippen molar-refractivity contribution in [2.24, 2.45) is 5.73 Å². The Kier molecular flexibility index (Phi) is 17.7. The molecule has 0 aliphatic heterocycles. The van der Waals surface area contributed by atoms with Crippen LogP contribution in [-0.2, 0) is 18.5 Å². The minimum absolute atomic E-state index is 0.0792. The fraction of sp³-hybridized carbons (Fsp3) is 0.222. The molecule has 6 aromatic rings. The Balaban J connectivity index is 0.000000216. The van der Waals surface area contributed by atoms with E-state index in [1.54, 1.807) is 6.92 Å². The lowest BCUT2D eigenvalue weighted by Crippen LogP contribution is -2.13. The zero-order valence-corrected chi connectivity index (χ0v) is 37.7. The van der Waals surface area contributed by atoms with Crippen molar-refractivity contribution in [3.8, 4) is 0 Å². The summed E-state index contributed by atoms with van der Waals surface area (Å²) in [6.45, 7) is 4.48. The van der Waals surface area contributed by atoms with Gasteiger partial charge in [-0.2, -0.15) is 39.5 Å². The number of aromatic nitrogens is 6. The van der Waals surface area contributed by atoms with Gasteiger partial charge in [-0.3, -0.25) is 19.2 Å². The van der Waals surface area contributed by atoms with E-state index < -0.39 is 74.1 Å². The lowest BCUT2D eigenvalue weighted by molar-refractivity contribution is -0.138. The number of anilines is 3. The van der Waals surface area contributed by atoms with Gasteiger partial charge in [0.25, 0.3) is 17.7 Å². The fourth-order valence-corrected chi connectivity index (χ4v) is 7.29. The average Bonchev–Trinajstić information content (AvgIpc) is 4.02. The summed E-state index contributed by atoms with van der Waals surface area (Å²) in [4.78, 5) is 69.7. The second-order valence-electron chi connectivity index (χ2n) is 12.7. The number of amides is 3. The number of hydrogen-bond donors (Lipinski definition) is 5. The van der Waals surface area contributed by atoms with Crippen LogP contribution in [0.2, 0.25) is 15.1 Å². The SMILES string of the molecule is CC(=O)c1ncc(C(=O)Nc2cc(C(F)(F)F)c(Cl)cn2)s1.CC(O)c1ncc(C(=O)Nc2cc(C(F)(F)F)c(Cl)cn2)s1.C[C@@H](N)c1ncc(C(=O)Nc2cc(C(F)(F)F)c(Cl)cn2)s1. The third-order valence-corrected chi connectivity index (χ3v) is 11.8. The van der Waals surface area contributed by atoms with E-state index in [0.717, 1.165) is 58.8 Å². The number of aliphatic hydroxyl groups is 1. The maximum Gasteiger partial charge on any atom is 0.418 e. The topological polar surface area (TPSA) is 228 Å². The van der Waals surface area contributed by atoms with Crippen molar-refractivity contribution in [2.45, 2.75) is 51.4 Å². The van der Waals surface area contributed by atoms with Gasteiger partial charge < -0.3 is 26.8 Å². The van der Waals surface area contributed by atoms with Crippen LogP contribution in [0.15, 0.2) is 55.4 Å². The summed E-state index contributed by atoms with van der Waals surface area (Å²) < 4.78 is 114. The van der Waals surface area contributed by atoms with Crippen LogP contribution in [-0.4, -0.2) is 58.5 Å². The van der Waals surface area contributed by atoms with Gasteiger partial charge in [0.15, 0.2) is 10.8 Å². The molecule has 0 spiro atoms. The largest absolute Gasteiger partial charge is 0.418 e. The van der Waals surface area contributed by atoms with Crippen LogP contribution in [0.1, 0.15) is 98.4 Å². The van der Waals surface area contributed by atoms with Crippen LogP contribution in [0.3, 0.4) is 0 Å². The summed E-state index contributed by atoms with van der Waals surface area (Å²) in [7, 11) is 0. The van der Waals surface area contributed by atoms with E-state index >= 15 is 0 Å². The standard InChI is InChI=1S/C12H10ClF3N4OS.C12H9ClF3N3O2S.C12H7ClF3N3O2S/c1-5(17)11-19-4-8(22-11)10(21)20-9-2-6(12(14,15)16)7(13)3-18-9;2*1-5(20)11-18-4-8(22-11)10(21)19-9-2-6(12(14,15)16)7(13)3-17-9/h2-5H,17H2,1H3,(H,18,20,21);2-5,20H,1H3,(H,17,19,21);2-4H,1H3,(H,17,19,21)/t5-;;/m1../s1. The van der Waals surface area contributed by atoms with Crippen molar-refractivity contribution in [2.75, 3.05) is 16.0 Å². The number of thiazole rings is 3. The van der Waals surface area contributed by atoms with Gasteiger partial charge in [0.1, 0.15) is 48.2 Å². The molecule has 30 heteroatoms. The van der Waals surface area contributed by atoms with Gasteiger partial charge in [0.05, 0.1) is 56.4 Å². The number of nitrogens with two attached hydrogens (primary N) is 1. The van der Waals surface area contributed by atoms with Gasteiger partial charge in [0.2, 0.25) is 0 Å². The zero-order valence-electron chi connectivity index (χ0n) is 33.0. The van der Waals surface area contributed by atoms with E-state index in [1.165, 1.54) is 26.2 Å². The number of nitrogens with zero attached hydrogens (tertiary/aromatic N) is 6. The van der Waals surface area contributed by atoms with E-state index in [-0.39, 0.29) is 48.9 Å². The van der Waals surface area contributed by atoms with Crippen molar-refractivity contribution in [3.05, 3.63) is 117 Å². The lowest BCUT2D eigenvalue weighted by atomic mass is 10.2. The number of Topliss-reactive ketones (excluding diaryl/α,β-unsaturated/α-hetero) is 1. The second-order valence-corrected chi connectivity index (χ2v) is 17.1. The van der Waals surface area contributed by atoms with E-state index in [0.29, 0.717) is 28.2 Å². The molecule has 0 radical (unpaired) electrons. The van der Waals surface area contributed by atoms with Crippen molar-refractivity contribution in [1.82, 2.24) is 29.9 Å². The van der Waals surface area contributed by atoms with E-state index in [2.05, 4.69) is 45.9 Å². The fourth-order valence-electron chi connectivity index (χ4n) is 4.44. The van der Waals surface area contributed by atoms with Gasteiger partial charge in [-0.05, 0) is 32.0 Å². The smallest absolute Gasteiger partial charge is 0.386 e. The summed E-state index contributed by atoms with van der Waals surface area (Å²) in [5.74, 6) is -3.16. The number of alkyl halides is 9. The minimum atomic E-state index is -4.66. The molecule has 3 amide bonds. The maximum absolute atomic E-state index is 12.7. The maximum atomic E-state index is 12.7. The quantitative estimate of drug-likeness (QED) is 0.0673. The number of hydrogen-bond acceptors (Lipinski definition) is 15. The number of nitrogens with one attached hydrogen (secondary N) is 3. The lowest BCUT2D eigenvalue weighted by Gasteiger charge is -2.10. The molecule has 6 rings (SSSR count). The normalized spacial score (nSPS) is 12.4. The molecule has 6 N–H and O–H groups in total. The number of ketones is 1. The molecular formula is C36H26Cl3F9N10O5S3. The second kappa shape index (κ2) is 21.9. The molecule has 6 aromatic heterocycles. The Morgan fingerprint density at radius 1 is 0.561 bits per heavy atom. The van der Waals surface area contributed by atoms with Crippen molar-refractivity contribution in [3.63, 3.8) is 0 Å². The Hall–Kier alpha value is -5.42. The molecule has 0 aliphatic carbocycles. The highest BCUT2D eigenvalue weighted by Crippen LogP contribution is 2.38. The van der Waals surface area contributed by atoms with Crippen LogP contribution in [0, 0.1) is 0 Å². The van der Waals surface area contributed by atoms with Gasteiger partial charge in [-0.25, -0.2) is 29.9 Å². The first-order valence-corrected chi connectivity index (χ1v) is 21.1. The predicted molar refractivity (Wildman–Crippen MR) is 226 cm³/mol. The molecule has 66 heavy (non-hydrogen) atoms. The Morgan fingerprint density at radius 2 is 0.879 bits per heavy atom.